The number of nitrogens with zero attached hydrogens (tertiary/aromatic N) is 4. The fourth-order valence-electron chi connectivity index (χ4n) is 3.50. The van der Waals surface area contributed by atoms with Crippen molar-refractivity contribution in [3.05, 3.63) is 40.5 Å². The third-order valence-corrected chi connectivity index (χ3v) is 7.69. The first kappa shape index (κ1) is 22.8. The van der Waals surface area contributed by atoms with Crippen LogP contribution < -0.4 is 0 Å². The minimum absolute atomic E-state index is 0.0316. The maximum atomic E-state index is 13.8. The highest BCUT2D eigenvalue weighted by molar-refractivity contribution is 9.10. The van der Waals surface area contributed by atoms with Crippen molar-refractivity contribution in [1.29, 1.82) is 0 Å². The lowest BCUT2D eigenvalue weighted by molar-refractivity contribution is -0.249. The van der Waals surface area contributed by atoms with Crippen molar-refractivity contribution in [3.8, 4) is 0 Å². The minimum Gasteiger partial charge on any atom is -0.479 e. The standard InChI is InChI=1S/C17H16BrFN4O8S/c1-6-10(18)8-3-2-7(19)4-9(8)23(6)32(29,30)17-20-5-22(21-17)15-13(26)11(24)12(25)14(31-15)16(27)28/h2-5,11-15,24-26H,1H3,(H,27,28)/t11-,12-,13+,14-,15-/m0/s1. The number of halogens is 2. The van der Waals surface area contributed by atoms with E-state index in [-0.39, 0.29) is 11.2 Å². The molecule has 4 rings (SSSR count). The highest BCUT2D eigenvalue weighted by Crippen LogP contribution is 2.34. The van der Waals surface area contributed by atoms with Crippen LogP contribution in [0.25, 0.3) is 10.9 Å². The molecule has 1 aliphatic heterocycles. The van der Waals surface area contributed by atoms with Crippen molar-refractivity contribution < 1.29 is 42.8 Å². The van der Waals surface area contributed by atoms with Crippen molar-refractivity contribution in [2.24, 2.45) is 0 Å². The number of carbonyl (C=O) groups is 1. The molecule has 0 aliphatic carbocycles. The van der Waals surface area contributed by atoms with E-state index >= 15 is 0 Å². The Labute approximate surface area is 187 Å². The first-order chi connectivity index (χ1) is 14.9. The molecule has 32 heavy (non-hydrogen) atoms. The molecule has 1 saturated heterocycles. The van der Waals surface area contributed by atoms with Gasteiger partial charge in [-0.25, -0.2) is 22.8 Å². The van der Waals surface area contributed by atoms with Crippen LogP contribution in [-0.2, 0) is 19.6 Å². The van der Waals surface area contributed by atoms with E-state index in [2.05, 4.69) is 26.0 Å². The smallest absolute Gasteiger partial charge is 0.335 e. The zero-order chi connectivity index (χ0) is 23.5. The Morgan fingerprint density at radius 2 is 1.91 bits per heavy atom. The SMILES string of the molecule is Cc1c(Br)c2ccc(F)cc2n1S(=O)(=O)c1ncn([C@H]2O[C@H](C(=O)O)[C@@H](O)[C@H](O)[C@H]2O)n1. The Morgan fingerprint density at radius 1 is 1.22 bits per heavy atom. The molecule has 2 aromatic heterocycles. The largest absolute Gasteiger partial charge is 0.479 e. The van der Waals surface area contributed by atoms with Crippen molar-refractivity contribution in [3.63, 3.8) is 0 Å². The Morgan fingerprint density at radius 3 is 2.56 bits per heavy atom. The van der Waals surface area contributed by atoms with Crippen LogP contribution in [0.3, 0.4) is 0 Å². The number of aliphatic hydroxyl groups excluding tert-OH is 3. The summed E-state index contributed by atoms with van der Waals surface area (Å²) in [6.45, 7) is 1.49. The molecule has 0 unspecified atom stereocenters. The first-order valence-electron chi connectivity index (χ1n) is 9.00. The summed E-state index contributed by atoms with van der Waals surface area (Å²) in [5.74, 6) is -2.27. The predicted molar refractivity (Wildman–Crippen MR) is 107 cm³/mol. The highest BCUT2D eigenvalue weighted by atomic mass is 79.9. The van der Waals surface area contributed by atoms with Crippen molar-refractivity contribution in [2.75, 3.05) is 0 Å². The molecule has 3 aromatic rings. The van der Waals surface area contributed by atoms with Crippen molar-refractivity contribution >= 4 is 42.8 Å². The van der Waals surface area contributed by atoms with Gasteiger partial charge in [-0.05, 0) is 41.1 Å². The summed E-state index contributed by atoms with van der Waals surface area (Å²) in [4.78, 5) is 15.0. The molecule has 0 amide bonds. The van der Waals surface area contributed by atoms with Crippen LogP contribution in [0.1, 0.15) is 11.9 Å². The van der Waals surface area contributed by atoms with Gasteiger partial charge in [0.1, 0.15) is 30.5 Å². The van der Waals surface area contributed by atoms with E-state index in [0.717, 1.165) is 21.0 Å². The van der Waals surface area contributed by atoms with E-state index in [1.807, 2.05) is 0 Å². The van der Waals surface area contributed by atoms with Crippen LogP contribution in [-0.4, -0.2) is 78.0 Å². The first-order valence-corrected chi connectivity index (χ1v) is 11.2. The molecule has 15 heteroatoms. The number of carboxylic acids is 1. The van der Waals surface area contributed by atoms with Gasteiger partial charge in [0.05, 0.1) is 5.52 Å². The second kappa shape index (κ2) is 7.86. The summed E-state index contributed by atoms with van der Waals surface area (Å²) in [6.07, 6.45) is -8.37. The molecule has 1 fully saturated rings. The third-order valence-electron chi connectivity index (χ3n) is 5.09. The molecule has 1 aromatic carbocycles. The molecule has 1 aliphatic rings. The number of aliphatic carboxylic acids is 1. The third kappa shape index (κ3) is 3.41. The summed E-state index contributed by atoms with van der Waals surface area (Å²) >= 11 is 3.29. The van der Waals surface area contributed by atoms with E-state index < -0.39 is 57.6 Å². The molecule has 12 nitrogen and oxygen atoms in total. The van der Waals surface area contributed by atoms with Gasteiger partial charge >= 0.3 is 16.0 Å². The topological polar surface area (TPSA) is 177 Å². The van der Waals surface area contributed by atoms with Gasteiger partial charge in [-0.3, -0.25) is 0 Å². The molecular weight excluding hydrogens is 519 g/mol. The monoisotopic (exact) mass is 534 g/mol. The van der Waals surface area contributed by atoms with Gasteiger partial charge in [0, 0.05) is 15.6 Å². The Kier molecular flexibility index (Phi) is 5.59. The van der Waals surface area contributed by atoms with Gasteiger partial charge in [-0.2, -0.15) is 8.42 Å². The maximum absolute atomic E-state index is 13.8. The van der Waals surface area contributed by atoms with E-state index in [4.69, 9.17) is 9.84 Å². The lowest BCUT2D eigenvalue weighted by Gasteiger charge is -2.38. The zero-order valence-corrected chi connectivity index (χ0v) is 18.5. The number of hydrogen-bond acceptors (Lipinski definition) is 9. The van der Waals surface area contributed by atoms with Crippen LogP contribution in [0.4, 0.5) is 4.39 Å². The average molecular weight is 535 g/mol. The van der Waals surface area contributed by atoms with Crippen LogP contribution in [0.5, 0.6) is 0 Å². The molecular formula is C17H16BrFN4O8S. The van der Waals surface area contributed by atoms with Gasteiger partial charge < -0.3 is 25.2 Å². The van der Waals surface area contributed by atoms with Crippen LogP contribution in [0.2, 0.25) is 0 Å². The molecule has 0 spiro atoms. The second-order valence-electron chi connectivity index (χ2n) is 7.09. The molecule has 5 atom stereocenters. The maximum Gasteiger partial charge on any atom is 0.335 e. The number of aromatic nitrogens is 4. The Balaban J connectivity index is 1.77. The normalized spacial score (nSPS) is 26.5. The van der Waals surface area contributed by atoms with E-state index in [1.54, 1.807) is 0 Å². The summed E-state index contributed by atoms with van der Waals surface area (Å²) in [5.41, 5.74) is 0.254. The number of rotatable bonds is 4. The van der Waals surface area contributed by atoms with Crippen LogP contribution >= 0.6 is 15.9 Å². The van der Waals surface area contributed by atoms with Gasteiger partial charge in [0.15, 0.2) is 12.3 Å². The number of ether oxygens (including phenoxy) is 1. The Bertz CT molecular complexity index is 1330. The highest BCUT2D eigenvalue weighted by Gasteiger charge is 2.48. The van der Waals surface area contributed by atoms with Gasteiger partial charge in [-0.1, -0.05) is 0 Å². The van der Waals surface area contributed by atoms with Gasteiger partial charge in [-0.15, -0.1) is 5.10 Å². The van der Waals surface area contributed by atoms with Crippen molar-refractivity contribution in [1.82, 2.24) is 18.7 Å². The van der Waals surface area contributed by atoms with E-state index in [9.17, 15) is 32.9 Å². The molecule has 0 radical (unpaired) electrons. The van der Waals surface area contributed by atoms with E-state index in [1.165, 1.54) is 19.1 Å². The fraction of sp³-hybridized carbons (Fsp3) is 0.353. The number of fused-ring (bicyclic) bond motifs is 1. The zero-order valence-electron chi connectivity index (χ0n) is 16.1. The number of hydrogen-bond donors (Lipinski definition) is 4. The van der Waals surface area contributed by atoms with Gasteiger partial charge in [0.25, 0.3) is 5.16 Å². The lowest BCUT2D eigenvalue weighted by Crippen LogP contribution is -2.57. The lowest BCUT2D eigenvalue weighted by atomic mass is 9.98. The summed E-state index contributed by atoms with van der Waals surface area (Å²) in [5, 5.41) is 42.6. The number of benzene rings is 1. The molecule has 172 valence electrons. The van der Waals surface area contributed by atoms with Crippen LogP contribution in [0, 0.1) is 12.7 Å². The molecule has 0 saturated carbocycles. The van der Waals surface area contributed by atoms with Crippen molar-refractivity contribution in [2.45, 2.75) is 42.7 Å². The number of carboxylic acid groups (broad SMARTS) is 1. The van der Waals surface area contributed by atoms with E-state index in [0.29, 0.717) is 9.86 Å². The quantitative estimate of drug-likeness (QED) is 0.348. The molecule has 4 N–H and O–H groups in total. The minimum atomic E-state index is -4.47. The molecule has 0 bridgehead atoms. The Hall–Kier alpha value is -2.43. The summed E-state index contributed by atoms with van der Waals surface area (Å²) in [6, 6.07) is 3.62. The molecule has 3 heterocycles. The number of aliphatic hydroxyl groups is 3. The second-order valence-corrected chi connectivity index (χ2v) is 9.57. The average Bonchev–Trinajstić information content (AvgIpc) is 3.30. The fourth-order valence-corrected chi connectivity index (χ4v) is 5.53. The summed E-state index contributed by atoms with van der Waals surface area (Å²) < 4.78 is 47.4. The summed E-state index contributed by atoms with van der Waals surface area (Å²) in [7, 11) is -4.47. The van der Waals surface area contributed by atoms with Gasteiger partial charge in [0.2, 0.25) is 0 Å². The predicted octanol–water partition coefficient (Wildman–Crippen LogP) is -0.255. The van der Waals surface area contributed by atoms with Crippen LogP contribution in [0.15, 0.2) is 34.2 Å².